The fourth-order valence-electron chi connectivity index (χ4n) is 2.95. The van der Waals surface area contributed by atoms with Crippen molar-refractivity contribution in [3.63, 3.8) is 0 Å². The van der Waals surface area contributed by atoms with Crippen molar-refractivity contribution in [2.75, 3.05) is 19.0 Å². The van der Waals surface area contributed by atoms with Crippen molar-refractivity contribution in [2.24, 2.45) is 10.1 Å². The number of anilines is 1. The second-order valence-electron chi connectivity index (χ2n) is 7.03. The van der Waals surface area contributed by atoms with Gasteiger partial charge in [0.25, 0.3) is 5.91 Å². The highest BCUT2D eigenvalue weighted by Crippen LogP contribution is 2.30. The van der Waals surface area contributed by atoms with Crippen LogP contribution in [0, 0.1) is 11.6 Å². The number of hydrogen-bond acceptors (Lipinski definition) is 7. The van der Waals surface area contributed by atoms with Crippen LogP contribution in [0.25, 0.3) is 0 Å². The van der Waals surface area contributed by atoms with Crippen LogP contribution in [0.2, 0.25) is 0 Å². The number of thioether (sulfide) groups is 1. The normalized spacial score (nSPS) is 17.2. The van der Waals surface area contributed by atoms with Gasteiger partial charge in [0.05, 0.1) is 11.4 Å². The van der Waals surface area contributed by atoms with E-state index in [9.17, 15) is 23.2 Å². The van der Waals surface area contributed by atoms with Gasteiger partial charge in [0.2, 0.25) is 5.91 Å². The molecular formula is C22H20F2N4O5S. The van der Waals surface area contributed by atoms with E-state index in [0.29, 0.717) is 23.1 Å². The molecule has 2 aromatic rings. The van der Waals surface area contributed by atoms with Gasteiger partial charge in [-0.05, 0) is 31.2 Å². The maximum Gasteiger partial charge on any atom is 0.341 e. The number of halogens is 2. The number of aliphatic carboxylic acids is 1. The molecule has 0 spiro atoms. The summed E-state index contributed by atoms with van der Waals surface area (Å²) < 4.78 is 32.0. The quantitative estimate of drug-likeness (QED) is 0.549. The first-order chi connectivity index (χ1) is 16.2. The summed E-state index contributed by atoms with van der Waals surface area (Å²) in [5.74, 6) is -3.61. The highest BCUT2D eigenvalue weighted by atomic mass is 32.2. The molecule has 1 fully saturated rings. The van der Waals surface area contributed by atoms with Gasteiger partial charge in [-0.15, -0.1) is 0 Å². The molecule has 0 bridgehead atoms. The molecule has 0 aliphatic carbocycles. The Labute approximate surface area is 197 Å². The number of benzene rings is 2. The van der Waals surface area contributed by atoms with Gasteiger partial charge in [0.1, 0.15) is 22.6 Å². The Balaban J connectivity index is 1.71. The highest BCUT2D eigenvalue weighted by Gasteiger charge is 2.39. The molecular weight excluding hydrogens is 470 g/mol. The summed E-state index contributed by atoms with van der Waals surface area (Å²) in [6, 6.07) is 9.30. The molecule has 9 nitrogen and oxygen atoms in total. The van der Waals surface area contributed by atoms with E-state index in [1.54, 1.807) is 31.2 Å². The SMILES string of the molecule is CN=C1S[C@@H](CC(=O)Nc2ccc(F)cc2F)C(=O)N1/N=C(/C)c1cccc(OCC(=O)O)c1. The van der Waals surface area contributed by atoms with Crippen molar-refractivity contribution in [1.29, 1.82) is 0 Å². The number of aliphatic imine (C=N–C) groups is 1. The summed E-state index contributed by atoms with van der Waals surface area (Å²) in [6.45, 7) is 1.15. The summed E-state index contributed by atoms with van der Waals surface area (Å²) in [7, 11) is 1.48. The van der Waals surface area contributed by atoms with Crippen molar-refractivity contribution in [3.8, 4) is 5.75 Å². The Bertz CT molecular complexity index is 1190. The molecule has 178 valence electrons. The maximum atomic E-state index is 13.8. The number of carboxylic acids is 1. The van der Waals surface area contributed by atoms with E-state index >= 15 is 0 Å². The lowest BCUT2D eigenvalue weighted by Gasteiger charge is -2.12. The van der Waals surface area contributed by atoms with Gasteiger partial charge in [-0.25, -0.2) is 13.6 Å². The molecule has 1 aliphatic heterocycles. The first-order valence-electron chi connectivity index (χ1n) is 9.90. The number of hydrogen-bond donors (Lipinski definition) is 2. The number of amides is 2. The second kappa shape index (κ2) is 10.9. The van der Waals surface area contributed by atoms with Crippen LogP contribution in [0.3, 0.4) is 0 Å². The van der Waals surface area contributed by atoms with Gasteiger partial charge >= 0.3 is 5.97 Å². The molecule has 1 atom stereocenters. The van der Waals surface area contributed by atoms with Gasteiger partial charge in [-0.2, -0.15) is 10.1 Å². The molecule has 0 saturated carbocycles. The van der Waals surface area contributed by atoms with Crippen LogP contribution in [0.4, 0.5) is 14.5 Å². The minimum Gasteiger partial charge on any atom is -0.482 e. The number of hydrazone groups is 1. The molecule has 3 rings (SSSR count). The fraction of sp³-hybridized carbons (Fsp3) is 0.227. The number of nitrogens with one attached hydrogen (secondary N) is 1. The highest BCUT2D eigenvalue weighted by molar-refractivity contribution is 8.15. The molecule has 34 heavy (non-hydrogen) atoms. The van der Waals surface area contributed by atoms with Gasteiger partial charge in [-0.3, -0.25) is 14.6 Å². The smallest absolute Gasteiger partial charge is 0.341 e. The van der Waals surface area contributed by atoms with E-state index in [-0.39, 0.29) is 17.3 Å². The third kappa shape index (κ3) is 6.16. The molecule has 1 saturated heterocycles. The first kappa shape index (κ1) is 24.8. The fourth-order valence-corrected chi connectivity index (χ4v) is 3.98. The van der Waals surface area contributed by atoms with Crippen molar-refractivity contribution < 1.29 is 33.0 Å². The third-order valence-electron chi connectivity index (χ3n) is 4.54. The van der Waals surface area contributed by atoms with Crippen LogP contribution >= 0.6 is 11.8 Å². The van der Waals surface area contributed by atoms with E-state index < -0.39 is 41.3 Å². The zero-order chi connectivity index (χ0) is 24.8. The summed E-state index contributed by atoms with van der Waals surface area (Å²) in [5, 5.41) is 15.9. The van der Waals surface area contributed by atoms with Crippen LogP contribution < -0.4 is 10.1 Å². The largest absolute Gasteiger partial charge is 0.482 e. The zero-order valence-electron chi connectivity index (χ0n) is 18.1. The molecule has 2 N–H and O–H groups in total. The summed E-state index contributed by atoms with van der Waals surface area (Å²) in [6.07, 6.45) is -0.275. The maximum absolute atomic E-state index is 13.8. The minimum atomic E-state index is -1.11. The van der Waals surface area contributed by atoms with Crippen LogP contribution in [0.5, 0.6) is 5.75 Å². The van der Waals surface area contributed by atoms with E-state index in [2.05, 4.69) is 15.4 Å². The molecule has 0 aromatic heterocycles. The molecule has 0 unspecified atom stereocenters. The number of rotatable bonds is 8. The summed E-state index contributed by atoms with van der Waals surface area (Å²) >= 11 is 1.04. The van der Waals surface area contributed by atoms with Crippen LogP contribution in [0.15, 0.2) is 52.6 Å². The lowest BCUT2D eigenvalue weighted by molar-refractivity contribution is -0.139. The first-order valence-corrected chi connectivity index (χ1v) is 10.8. The Morgan fingerprint density at radius 2 is 2.00 bits per heavy atom. The van der Waals surface area contributed by atoms with Gasteiger partial charge in [-0.1, -0.05) is 23.9 Å². The molecule has 2 aromatic carbocycles. The van der Waals surface area contributed by atoms with Gasteiger partial charge < -0.3 is 15.2 Å². The summed E-state index contributed by atoms with van der Waals surface area (Å²) in [5.41, 5.74) is 0.820. The Hall–Kier alpha value is -3.80. The molecule has 0 radical (unpaired) electrons. The Kier molecular flexibility index (Phi) is 7.95. The number of nitrogens with zero attached hydrogens (tertiary/aromatic N) is 3. The number of carbonyl (C=O) groups is 3. The average Bonchev–Trinajstić information content (AvgIpc) is 3.08. The van der Waals surface area contributed by atoms with Crippen molar-refractivity contribution in [2.45, 2.75) is 18.6 Å². The molecule has 2 amide bonds. The number of carboxylic acid groups (broad SMARTS) is 1. The molecule has 1 heterocycles. The Morgan fingerprint density at radius 3 is 2.68 bits per heavy atom. The third-order valence-corrected chi connectivity index (χ3v) is 5.76. The van der Waals surface area contributed by atoms with Crippen molar-refractivity contribution >= 4 is 46.1 Å². The zero-order valence-corrected chi connectivity index (χ0v) is 18.9. The van der Waals surface area contributed by atoms with Crippen molar-refractivity contribution in [3.05, 3.63) is 59.7 Å². The number of carbonyl (C=O) groups excluding carboxylic acids is 2. The summed E-state index contributed by atoms with van der Waals surface area (Å²) in [4.78, 5) is 40.0. The van der Waals surface area contributed by atoms with E-state index in [1.807, 2.05) is 0 Å². The van der Waals surface area contributed by atoms with Gasteiger partial charge in [0, 0.05) is 25.1 Å². The lowest BCUT2D eigenvalue weighted by atomic mass is 10.1. The van der Waals surface area contributed by atoms with Crippen LogP contribution in [0.1, 0.15) is 18.9 Å². The predicted molar refractivity (Wildman–Crippen MR) is 123 cm³/mol. The van der Waals surface area contributed by atoms with E-state index in [4.69, 9.17) is 9.84 Å². The number of ether oxygens (including phenoxy) is 1. The molecule has 1 aliphatic rings. The standard InChI is InChI=1S/C22H20F2N4O5S/c1-12(13-4-3-5-15(8-13)33-11-20(30)31)27-28-21(32)18(34-22(28)25-2)10-19(29)26-17-7-6-14(23)9-16(17)24/h3-9,18H,10-11H2,1-2H3,(H,26,29)(H,30,31)/b25-22?,27-12-/t18-/m0/s1. The monoisotopic (exact) mass is 490 g/mol. The second-order valence-corrected chi connectivity index (χ2v) is 8.20. The topological polar surface area (TPSA) is 121 Å². The Morgan fingerprint density at radius 1 is 1.24 bits per heavy atom. The van der Waals surface area contributed by atoms with Crippen LogP contribution in [-0.2, 0) is 14.4 Å². The minimum absolute atomic E-state index is 0.193. The lowest BCUT2D eigenvalue weighted by Crippen LogP contribution is -2.30. The van der Waals surface area contributed by atoms with E-state index in [0.717, 1.165) is 28.9 Å². The number of amidine groups is 1. The van der Waals surface area contributed by atoms with Crippen molar-refractivity contribution in [1.82, 2.24) is 5.01 Å². The predicted octanol–water partition coefficient (Wildman–Crippen LogP) is 3.11. The molecule has 12 heteroatoms. The van der Waals surface area contributed by atoms with E-state index in [1.165, 1.54) is 7.05 Å². The van der Waals surface area contributed by atoms with Gasteiger partial charge in [0.15, 0.2) is 11.8 Å². The van der Waals surface area contributed by atoms with Crippen LogP contribution in [-0.4, -0.2) is 57.7 Å². The average molecular weight is 490 g/mol.